The van der Waals surface area contributed by atoms with E-state index in [-0.39, 0.29) is 6.04 Å². The van der Waals surface area contributed by atoms with Crippen molar-refractivity contribution in [1.82, 2.24) is 15.3 Å². The fourth-order valence-electron chi connectivity index (χ4n) is 1.73. The molecule has 82 valence electrons. The zero-order valence-corrected chi connectivity index (χ0v) is 9.29. The van der Waals surface area contributed by atoms with Crippen LogP contribution in [0.3, 0.4) is 0 Å². The van der Waals surface area contributed by atoms with Crippen molar-refractivity contribution >= 4 is 0 Å². The van der Waals surface area contributed by atoms with Crippen LogP contribution in [-0.2, 0) is 11.2 Å². The van der Waals surface area contributed by atoms with Crippen LogP contribution in [-0.4, -0.2) is 29.7 Å². The van der Waals surface area contributed by atoms with E-state index in [1.165, 1.54) is 0 Å². The number of rotatable bonds is 2. The molecule has 0 bridgehead atoms. The molecule has 0 saturated carbocycles. The van der Waals surface area contributed by atoms with E-state index in [2.05, 4.69) is 22.2 Å². The third kappa shape index (κ3) is 2.52. The highest BCUT2D eigenvalue weighted by Crippen LogP contribution is 2.12. The van der Waals surface area contributed by atoms with E-state index in [0.717, 1.165) is 36.8 Å². The highest BCUT2D eigenvalue weighted by atomic mass is 16.5. The molecular formula is C11H17N3O. The summed E-state index contributed by atoms with van der Waals surface area (Å²) in [5, 5.41) is 3.36. The molecule has 1 atom stereocenters. The van der Waals surface area contributed by atoms with E-state index >= 15 is 0 Å². The van der Waals surface area contributed by atoms with Gasteiger partial charge in [0.2, 0.25) is 0 Å². The first-order valence-corrected chi connectivity index (χ1v) is 5.45. The van der Waals surface area contributed by atoms with Gasteiger partial charge in [0, 0.05) is 17.9 Å². The predicted octanol–water partition coefficient (Wildman–Crippen LogP) is 1.01. The van der Waals surface area contributed by atoms with Gasteiger partial charge in [0.1, 0.15) is 5.82 Å². The van der Waals surface area contributed by atoms with Gasteiger partial charge in [-0.2, -0.15) is 0 Å². The van der Waals surface area contributed by atoms with Crippen LogP contribution in [0.25, 0.3) is 0 Å². The Morgan fingerprint density at radius 2 is 2.40 bits per heavy atom. The largest absolute Gasteiger partial charge is 0.378 e. The van der Waals surface area contributed by atoms with Crippen molar-refractivity contribution in [3.63, 3.8) is 0 Å². The van der Waals surface area contributed by atoms with Crippen LogP contribution in [0.1, 0.15) is 30.2 Å². The maximum atomic E-state index is 5.41. The second-order valence-corrected chi connectivity index (χ2v) is 3.79. The van der Waals surface area contributed by atoms with Gasteiger partial charge in [0.25, 0.3) is 0 Å². The summed E-state index contributed by atoms with van der Waals surface area (Å²) in [5.74, 6) is 0.867. The maximum Gasteiger partial charge on any atom is 0.148 e. The van der Waals surface area contributed by atoms with Crippen LogP contribution in [0.15, 0.2) is 6.07 Å². The van der Waals surface area contributed by atoms with Crippen LogP contribution < -0.4 is 5.32 Å². The Labute approximate surface area is 90.1 Å². The van der Waals surface area contributed by atoms with Crippen LogP contribution >= 0.6 is 0 Å². The fraction of sp³-hybridized carbons (Fsp3) is 0.636. The van der Waals surface area contributed by atoms with Gasteiger partial charge in [-0.05, 0) is 19.4 Å². The second kappa shape index (κ2) is 4.68. The Kier molecular flexibility index (Phi) is 3.28. The molecule has 4 heteroatoms. The Morgan fingerprint density at radius 3 is 3.07 bits per heavy atom. The summed E-state index contributed by atoms with van der Waals surface area (Å²) < 4.78 is 5.41. The van der Waals surface area contributed by atoms with Gasteiger partial charge >= 0.3 is 0 Å². The molecule has 0 amide bonds. The molecule has 0 spiro atoms. The SMILES string of the molecule is CCc1cc(C)nc(C2COCCN2)n1. The molecule has 2 heterocycles. The van der Waals surface area contributed by atoms with E-state index in [4.69, 9.17) is 4.74 Å². The summed E-state index contributed by atoms with van der Waals surface area (Å²) in [7, 11) is 0. The lowest BCUT2D eigenvalue weighted by molar-refractivity contribution is 0.0741. The van der Waals surface area contributed by atoms with Gasteiger partial charge in [0.05, 0.1) is 19.3 Å². The number of hydrogen-bond acceptors (Lipinski definition) is 4. The monoisotopic (exact) mass is 207 g/mol. The van der Waals surface area contributed by atoms with Crippen molar-refractivity contribution in [2.75, 3.05) is 19.8 Å². The first kappa shape index (κ1) is 10.5. The summed E-state index contributed by atoms with van der Waals surface area (Å²) in [4.78, 5) is 8.97. The normalized spacial score (nSPS) is 21.6. The molecule has 1 N–H and O–H groups in total. The number of aromatic nitrogens is 2. The van der Waals surface area contributed by atoms with Crippen molar-refractivity contribution < 1.29 is 4.74 Å². The second-order valence-electron chi connectivity index (χ2n) is 3.79. The standard InChI is InChI=1S/C11H17N3O/c1-3-9-6-8(2)13-11(14-9)10-7-15-5-4-12-10/h6,10,12H,3-5,7H2,1-2H3. The molecule has 1 aromatic rings. The number of nitrogens with zero attached hydrogens (tertiary/aromatic N) is 2. The van der Waals surface area contributed by atoms with Gasteiger partial charge in [-0.3, -0.25) is 0 Å². The minimum Gasteiger partial charge on any atom is -0.378 e. The zero-order chi connectivity index (χ0) is 10.7. The molecule has 0 aromatic carbocycles. The van der Waals surface area contributed by atoms with Crippen molar-refractivity contribution in [1.29, 1.82) is 0 Å². The number of aryl methyl sites for hydroxylation is 2. The number of nitrogens with one attached hydrogen (secondary N) is 1. The molecule has 4 nitrogen and oxygen atoms in total. The molecule has 0 aliphatic carbocycles. The average Bonchev–Trinajstić information content (AvgIpc) is 2.29. The first-order chi connectivity index (χ1) is 7.29. The van der Waals surface area contributed by atoms with Crippen molar-refractivity contribution in [2.45, 2.75) is 26.3 Å². The van der Waals surface area contributed by atoms with E-state index in [0.29, 0.717) is 6.61 Å². The summed E-state index contributed by atoms with van der Waals surface area (Å²) in [6, 6.07) is 2.19. The van der Waals surface area contributed by atoms with Gasteiger partial charge in [-0.1, -0.05) is 6.92 Å². The maximum absolute atomic E-state index is 5.41. The van der Waals surface area contributed by atoms with Crippen molar-refractivity contribution in [2.24, 2.45) is 0 Å². The average molecular weight is 207 g/mol. The topological polar surface area (TPSA) is 47.0 Å². The molecule has 1 aromatic heterocycles. The minimum atomic E-state index is 0.156. The molecule has 2 rings (SSSR count). The zero-order valence-electron chi connectivity index (χ0n) is 9.29. The molecule has 1 aliphatic rings. The summed E-state index contributed by atoms with van der Waals surface area (Å²) >= 11 is 0. The summed E-state index contributed by atoms with van der Waals surface area (Å²) in [6.07, 6.45) is 0.948. The Morgan fingerprint density at radius 1 is 1.53 bits per heavy atom. The molecule has 1 saturated heterocycles. The summed E-state index contributed by atoms with van der Waals surface area (Å²) in [5.41, 5.74) is 2.13. The molecule has 1 unspecified atom stereocenters. The first-order valence-electron chi connectivity index (χ1n) is 5.45. The lowest BCUT2D eigenvalue weighted by atomic mass is 10.2. The van der Waals surface area contributed by atoms with E-state index < -0.39 is 0 Å². The number of hydrogen-bond donors (Lipinski definition) is 1. The highest BCUT2D eigenvalue weighted by molar-refractivity contribution is 5.12. The Bertz CT molecular complexity index is 335. The van der Waals surface area contributed by atoms with Gasteiger partial charge in [-0.25, -0.2) is 9.97 Å². The number of ether oxygens (including phenoxy) is 1. The predicted molar refractivity (Wildman–Crippen MR) is 57.7 cm³/mol. The molecule has 1 fully saturated rings. The van der Waals surface area contributed by atoms with Gasteiger partial charge in [0.15, 0.2) is 0 Å². The highest BCUT2D eigenvalue weighted by Gasteiger charge is 2.18. The van der Waals surface area contributed by atoms with Crippen LogP contribution in [0.5, 0.6) is 0 Å². The number of morpholine rings is 1. The quantitative estimate of drug-likeness (QED) is 0.786. The van der Waals surface area contributed by atoms with E-state index in [9.17, 15) is 0 Å². The Hall–Kier alpha value is -1.00. The smallest absolute Gasteiger partial charge is 0.148 e. The van der Waals surface area contributed by atoms with Crippen LogP contribution in [0.2, 0.25) is 0 Å². The van der Waals surface area contributed by atoms with Gasteiger partial charge < -0.3 is 10.1 Å². The van der Waals surface area contributed by atoms with Crippen LogP contribution in [0.4, 0.5) is 0 Å². The van der Waals surface area contributed by atoms with Gasteiger partial charge in [-0.15, -0.1) is 0 Å². The van der Waals surface area contributed by atoms with E-state index in [1.807, 2.05) is 13.0 Å². The minimum absolute atomic E-state index is 0.156. The molecule has 15 heavy (non-hydrogen) atoms. The fourth-order valence-corrected chi connectivity index (χ4v) is 1.73. The van der Waals surface area contributed by atoms with Crippen molar-refractivity contribution in [3.05, 3.63) is 23.3 Å². The van der Waals surface area contributed by atoms with Crippen molar-refractivity contribution in [3.8, 4) is 0 Å². The van der Waals surface area contributed by atoms with E-state index in [1.54, 1.807) is 0 Å². The lowest BCUT2D eigenvalue weighted by Gasteiger charge is -2.23. The lowest BCUT2D eigenvalue weighted by Crippen LogP contribution is -2.35. The summed E-state index contributed by atoms with van der Waals surface area (Å²) in [6.45, 7) is 6.45. The Balaban J connectivity index is 2.22. The third-order valence-electron chi connectivity index (χ3n) is 2.52. The molecule has 1 aliphatic heterocycles. The molecular weight excluding hydrogens is 190 g/mol. The molecule has 0 radical (unpaired) electrons. The van der Waals surface area contributed by atoms with Crippen LogP contribution in [0, 0.1) is 6.92 Å². The third-order valence-corrected chi connectivity index (χ3v) is 2.52.